The fourth-order valence-electron chi connectivity index (χ4n) is 2.89. The molecule has 2 aliphatic heterocycles. The van der Waals surface area contributed by atoms with Gasteiger partial charge in [-0.05, 0) is 37.9 Å². The topological polar surface area (TPSA) is 30.5 Å². The Hall–Kier alpha value is -1.36. The van der Waals surface area contributed by atoms with Crippen LogP contribution < -0.4 is 14.8 Å². The highest BCUT2D eigenvalue weighted by molar-refractivity contribution is 5.51. The number of hydrogen-bond donors (Lipinski definition) is 1. The van der Waals surface area contributed by atoms with Crippen molar-refractivity contribution in [1.82, 2.24) is 5.32 Å². The number of rotatable bonds is 3. The Balaban J connectivity index is 1.88. The second-order valence-electron chi connectivity index (χ2n) is 5.36. The van der Waals surface area contributed by atoms with Gasteiger partial charge in [0.1, 0.15) is 13.2 Å². The lowest BCUT2D eigenvalue weighted by Crippen LogP contribution is -2.35. The minimum absolute atomic E-state index is 0.0139. The smallest absolute Gasteiger partial charge is 0.263 e. The van der Waals surface area contributed by atoms with Gasteiger partial charge in [0.15, 0.2) is 11.5 Å². The average molecular weight is 283 g/mol. The lowest BCUT2D eigenvalue weighted by Gasteiger charge is -2.27. The number of nitrogens with one attached hydrogen (secondary N) is 1. The van der Waals surface area contributed by atoms with Crippen LogP contribution in [0.25, 0.3) is 0 Å². The van der Waals surface area contributed by atoms with Gasteiger partial charge in [-0.3, -0.25) is 0 Å². The number of alkyl halides is 2. The van der Waals surface area contributed by atoms with Gasteiger partial charge < -0.3 is 14.8 Å². The average Bonchev–Trinajstić information content (AvgIpc) is 2.48. The van der Waals surface area contributed by atoms with Crippen LogP contribution in [0.3, 0.4) is 0 Å². The first-order chi connectivity index (χ1) is 9.74. The standard InChI is InChI=1S/C15H19F2NO2/c16-15(17)11-7-10(8-12-3-1-2-4-18-12)14-13(9-11)19-5-6-20-14/h7,9,12,15,18H,1-6,8H2. The van der Waals surface area contributed by atoms with E-state index in [-0.39, 0.29) is 5.56 Å². The molecule has 20 heavy (non-hydrogen) atoms. The van der Waals surface area contributed by atoms with Crippen LogP contribution in [0.4, 0.5) is 8.78 Å². The van der Waals surface area contributed by atoms with E-state index in [1.165, 1.54) is 18.9 Å². The molecule has 1 aromatic carbocycles. The Labute approximate surface area is 117 Å². The number of piperidine rings is 1. The van der Waals surface area contributed by atoms with Crippen molar-refractivity contribution >= 4 is 0 Å². The first kappa shape index (κ1) is 13.6. The predicted molar refractivity (Wildman–Crippen MR) is 71.7 cm³/mol. The Kier molecular flexibility index (Phi) is 4.05. The summed E-state index contributed by atoms with van der Waals surface area (Å²) < 4.78 is 37.1. The summed E-state index contributed by atoms with van der Waals surface area (Å²) in [7, 11) is 0. The van der Waals surface area contributed by atoms with Gasteiger partial charge in [-0.2, -0.15) is 0 Å². The highest BCUT2D eigenvalue weighted by Crippen LogP contribution is 2.38. The van der Waals surface area contributed by atoms with Crippen molar-refractivity contribution in [3.63, 3.8) is 0 Å². The molecular formula is C15H19F2NO2. The summed E-state index contributed by atoms with van der Waals surface area (Å²) >= 11 is 0. The molecule has 0 amide bonds. The van der Waals surface area contributed by atoms with Crippen molar-refractivity contribution in [2.45, 2.75) is 38.2 Å². The first-order valence-corrected chi connectivity index (χ1v) is 7.18. The molecule has 1 unspecified atom stereocenters. The molecule has 1 atom stereocenters. The van der Waals surface area contributed by atoms with Crippen LogP contribution in [0, 0.1) is 0 Å². The molecule has 3 rings (SSSR count). The van der Waals surface area contributed by atoms with E-state index < -0.39 is 6.43 Å². The summed E-state index contributed by atoms with van der Waals surface area (Å²) in [5.74, 6) is 1.10. The molecule has 0 aromatic heterocycles. The van der Waals surface area contributed by atoms with Gasteiger partial charge in [-0.25, -0.2) is 8.78 Å². The fraction of sp³-hybridized carbons (Fsp3) is 0.600. The SMILES string of the molecule is FC(F)c1cc(CC2CCCCN2)c2c(c1)OCCO2. The van der Waals surface area contributed by atoms with Crippen molar-refractivity contribution in [3.8, 4) is 11.5 Å². The molecule has 110 valence electrons. The van der Waals surface area contributed by atoms with Crippen molar-refractivity contribution in [2.75, 3.05) is 19.8 Å². The Morgan fingerprint density at radius 1 is 1.20 bits per heavy atom. The van der Waals surface area contributed by atoms with Crippen molar-refractivity contribution in [3.05, 3.63) is 23.3 Å². The molecule has 1 saturated heterocycles. The van der Waals surface area contributed by atoms with Crippen LogP contribution in [0.2, 0.25) is 0 Å². The van der Waals surface area contributed by atoms with E-state index >= 15 is 0 Å². The summed E-state index contributed by atoms with van der Waals surface area (Å²) in [6, 6.07) is 3.30. The van der Waals surface area contributed by atoms with Crippen molar-refractivity contribution in [2.24, 2.45) is 0 Å². The third kappa shape index (κ3) is 2.87. The number of ether oxygens (including phenoxy) is 2. The molecule has 0 radical (unpaired) electrons. The molecule has 0 saturated carbocycles. The first-order valence-electron chi connectivity index (χ1n) is 7.18. The van der Waals surface area contributed by atoms with Crippen molar-refractivity contribution < 1.29 is 18.3 Å². The number of fused-ring (bicyclic) bond motifs is 1. The van der Waals surface area contributed by atoms with Crippen LogP contribution in [0.15, 0.2) is 12.1 Å². The molecule has 3 nitrogen and oxygen atoms in total. The van der Waals surface area contributed by atoms with Crippen LogP contribution in [0.5, 0.6) is 11.5 Å². The van der Waals surface area contributed by atoms with Gasteiger partial charge in [0.25, 0.3) is 6.43 Å². The zero-order valence-electron chi connectivity index (χ0n) is 11.3. The van der Waals surface area contributed by atoms with Gasteiger partial charge in [0.2, 0.25) is 0 Å². The zero-order valence-corrected chi connectivity index (χ0v) is 11.3. The Bertz CT molecular complexity index is 473. The molecule has 0 spiro atoms. The lowest BCUT2D eigenvalue weighted by molar-refractivity contribution is 0.146. The van der Waals surface area contributed by atoms with E-state index in [9.17, 15) is 8.78 Å². The molecular weight excluding hydrogens is 264 g/mol. The third-order valence-electron chi connectivity index (χ3n) is 3.87. The summed E-state index contributed by atoms with van der Waals surface area (Å²) in [4.78, 5) is 0. The van der Waals surface area contributed by atoms with Gasteiger partial charge in [-0.1, -0.05) is 6.42 Å². The molecule has 2 heterocycles. The van der Waals surface area contributed by atoms with E-state index in [1.54, 1.807) is 6.07 Å². The van der Waals surface area contributed by atoms with Crippen LogP contribution in [-0.4, -0.2) is 25.8 Å². The molecule has 2 aliphatic rings. The van der Waals surface area contributed by atoms with Crippen molar-refractivity contribution in [1.29, 1.82) is 0 Å². The van der Waals surface area contributed by atoms with Crippen LogP contribution in [0.1, 0.15) is 36.8 Å². The highest BCUT2D eigenvalue weighted by Gasteiger charge is 2.23. The van der Waals surface area contributed by atoms with E-state index in [2.05, 4.69) is 5.32 Å². The second-order valence-corrected chi connectivity index (χ2v) is 5.36. The summed E-state index contributed by atoms with van der Waals surface area (Å²) in [6.45, 7) is 1.89. The largest absolute Gasteiger partial charge is 0.486 e. The maximum Gasteiger partial charge on any atom is 0.263 e. The number of benzene rings is 1. The molecule has 1 fully saturated rings. The number of hydrogen-bond acceptors (Lipinski definition) is 3. The molecule has 1 N–H and O–H groups in total. The summed E-state index contributed by atoms with van der Waals surface area (Å²) in [5.41, 5.74) is 0.844. The molecule has 0 bridgehead atoms. The molecule has 0 aliphatic carbocycles. The van der Waals surface area contributed by atoms with E-state index in [1.807, 2.05) is 0 Å². The minimum atomic E-state index is -2.48. The minimum Gasteiger partial charge on any atom is -0.486 e. The zero-order chi connectivity index (χ0) is 13.9. The van der Waals surface area contributed by atoms with Crippen LogP contribution in [-0.2, 0) is 6.42 Å². The van der Waals surface area contributed by atoms with E-state index in [0.717, 1.165) is 18.5 Å². The fourth-order valence-corrected chi connectivity index (χ4v) is 2.89. The van der Waals surface area contributed by atoms with E-state index in [0.29, 0.717) is 37.2 Å². The lowest BCUT2D eigenvalue weighted by atomic mass is 9.95. The summed E-state index contributed by atoms with van der Waals surface area (Å²) in [5, 5.41) is 3.44. The monoisotopic (exact) mass is 283 g/mol. The van der Waals surface area contributed by atoms with E-state index in [4.69, 9.17) is 9.47 Å². The molecule has 5 heteroatoms. The Morgan fingerprint density at radius 2 is 2.05 bits per heavy atom. The number of halogens is 2. The summed E-state index contributed by atoms with van der Waals surface area (Å²) in [6.07, 6.45) is 1.68. The third-order valence-corrected chi connectivity index (χ3v) is 3.87. The second kappa shape index (κ2) is 5.95. The normalized spacial score (nSPS) is 22.1. The van der Waals surface area contributed by atoms with Gasteiger partial charge in [-0.15, -0.1) is 0 Å². The maximum absolute atomic E-state index is 13.0. The maximum atomic E-state index is 13.0. The highest BCUT2D eigenvalue weighted by atomic mass is 19.3. The quantitative estimate of drug-likeness (QED) is 0.924. The predicted octanol–water partition coefficient (Wildman–Crippen LogP) is 3.08. The van der Waals surface area contributed by atoms with Gasteiger partial charge >= 0.3 is 0 Å². The van der Waals surface area contributed by atoms with Gasteiger partial charge in [0.05, 0.1) is 0 Å². The van der Waals surface area contributed by atoms with Crippen LogP contribution >= 0.6 is 0 Å². The van der Waals surface area contributed by atoms with Gasteiger partial charge in [0, 0.05) is 17.2 Å². The Morgan fingerprint density at radius 3 is 2.80 bits per heavy atom. The molecule has 1 aromatic rings.